The highest BCUT2D eigenvalue weighted by atomic mass is 16.6. The van der Waals surface area contributed by atoms with Gasteiger partial charge in [0.05, 0.1) is 26.4 Å². The molecule has 0 radical (unpaired) electrons. The van der Waals surface area contributed by atoms with Crippen molar-refractivity contribution >= 4 is 5.78 Å². The summed E-state index contributed by atoms with van der Waals surface area (Å²) in [6.45, 7) is 5.15. The number of ketones is 1. The molecule has 0 aliphatic carbocycles. The Morgan fingerprint density at radius 1 is 0.840 bits per heavy atom. The number of rotatable bonds is 7. The van der Waals surface area contributed by atoms with Crippen LogP contribution in [0.5, 0.6) is 11.5 Å². The number of carbonyl (C=O) groups excluding carboxylic acids is 1. The zero-order valence-electron chi connectivity index (χ0n) is 15.3. The summed E-state index contributed by atoms with van der Waals surface area (Å²) in [6.07, 6.45) is 6.29. The molecule has 1 aliphatic rings. The molecule has 1 heterocycles. The fourth-order valence-electron chi connectivity index (χ4n) is 2.69. The molecular weight excluding hydrogens is 320 g/mol. The predicted octanol–water partition coefficient (Wildman–Crippen LogP) is 4.03. The van der Waals surface area contributed by atoms with Crippen LogP contribution < -0.4 is 9.47 Å². The molecule has 0 spiro atoms. The number of Topliss-reactive ketones (excluding diaryl/α,β-unsaturated/α-hetero) is 1. The monoisotopic (exact) mass is 350 g/mol. The minimum atomic E-state index is 0.161. The Hall–Kier alpha value is -1.59. The number of carbonyl (C=O) groups is 1. The van der Waals surface area contributed by atoms with Crippen molar-refractivity contribution in [2.75, 3.05) is 39.6 Å². The topological polar surface area (TPSA) is 54.0 Å². The van der Waals surface area contributed by atoms with Crippen molar-refractivity contribution in [3.8, 4) is 11.5 Å². The van der Waals surface area contributed by atoms with Gasteiger partial charge >= 0.3 is 0 Å². The molecule has 0 N–H and O–H groups in total. The number of benzene rings is 1. The Morgan fingerprint density at radius 2 is 1.48 bits per heavy atom. The quantitative estimate of drug-likeness (QED) is 0.549. The van der Waals surface area contributed by atoms with Crippen molar-refractivity contribution in [2.24, 2.45) is 0 Å². The molecule has 140 valence electrons. The first-order valence-electron chi connectivity index (χ1n) is 9.39. The zero-order chi connectivity index (χ0) is 17.7. The van der Waals surface area contributed by atoms with E-state index in [1.807, 2.05) is 12.1 Å². The van der Waals surface area contributed by atoms with Gasteiger partial charge in [0.15, 0.2) is 17.3 Å². The standard InChI is InChI=1S/C20H30O5/c1-2-3-4-5-6-7-18(21)17-8-9-19-20(16-17)25-15-13-23-11-10-22-12-14-24-19/h8-9,16H,2-7,10-15H2,1H3. The van der Waals surface area contributed by atoms with Crippen molar-refractivity contribution in [3.63, 3.8) is 0 Å². The van der Waals surface area contributed by atoms with Gasteiger partial charge < -0.3 is 18.9 Å². The molecular formula is C20H30O5. The minimum absolute atomic E-state index is 0.161. The molecule has 0 saturated heterocycles. The van der Waals surface area contributed by atoms with E-state index in [1.54, 1.807) is 6.07 Å². The summed E-state index contributed by atoms with van der Waals surface area (Å²) in [7, 11) is 0. The Morgan fingerprint density at radius 3 is 2.20 bits per heavy atom. The number of hydrogen-bond acceptors (Lipinski definition) is 5. The molecule has 0 amide bonds. The van der Waals surface area contributed by atoms with Gasteiger partial charge in [-0.2, -0.15) is 0 Å². The number of hydrogen-bond donors (Lipinski definition) is 0. The second-order valence-electron chi connectivity index (χ2n) is 6.17. The molecule has 25 heavy (non-hydrogen) atoms. The first-order valence-corrected chi connectivity index (χ1v) is 9.39. The van der Waals surface area contributed by atoms with Crippen molar-refractivity contribution in [1.82, 2.24) is 0 Å². The fraction of sp³-hybridized carbons (Fsp3) is 0.650. The van der Waals surface area contributed by atoms with Crippen LogP contribution in [0.2, 0.25) is 0 Å². The summed E-state index contributed by atoms with van der Waals surface area (Å²) in [4.78, 5) is 12.4. The van der Waals surface area contributed by atoms with E-state index in [2.05, 4.69) is 6.92 Å². The Kier molecular flexibility index (Phi) is 9.37. The molecule has 0 atom stereocenters. The van der Waals surface area contributed by atoms with Gasteiger partial charge in [-0.15, -0.1) is 0 Å². The molecule has 1 aliphatic heterocycles. The summed E-state index contributed by atoms with van der Waals surface area (Å²) in [5.41, 5.74) is 0.683. The lowest BCUT2D eigenvalue weighted by molar-refractivity contribution is 0.0223. The van der Waals surface area contributed by atoms with Gasteiger partial charge in [0.25, 0.3) is 0 Å². The van der Waals surface area contributed by atoms with Crippen molar-refractivity contribution < 1.29 is 23.7 Å². The molecule has 1 aromatic carbocycles. The van der Waals surface area contributed by atoms with E-state index >= 15 is 0 Å². The normalized spacial score (nSPS) is 15.9. The van der Waals surface area contributed by atoms with Crippen LogP contribution in [0.25, 0.3) is 0 Å². The fourth-order valence-corrected chi connectivity index (χ4v) is 2.69. The molecule has 2 rings (SSSR count). The highest BCUT2D eigenvalue weighted by Gasteiger charge is 2.12. The molecule has 0 bridgehead atoms. The third-order valence-corrected chi connectivity index (χ3v) is 4.12. The lowest BCUT2D eigenvalue weighted by Gasteiger charge is -2.15. The second-order valence-corrected chi connectivity index (χ2v) is 6.17. The lowest BCUT2D eigenvalue weighted by atomic mass is 10.0. The maximum atomic E-state index is 12.4. The smallest absolute Gasteiger partial charge is 0.163 e. The highest BCUT2D eigenvalue weighted by molar-refractivity contribution is 5.96. The zero-order valence-corrected chi connectivity index (χ0v) is 15.3. The summed E-state index contributed by atoms with van der Waals surface area (Å²) < 4.78 is 22.3. The van der Waals surface area contributed by atoms with Gasteiger partial charge in [0.2, 0.25) is 0 Å². The van der Waals surface area contributed by atoms with Crippen molar-refractivity contribution in [3.05, 3.63) is 23.8 Å². The van der Waals surface area contributed by atoms with Gasteiger partial charge in [-0.3, -0.25) is 4.79 Å². The number of unbranched alkanes of at least 4 members (excludes halogenated alkanes) is 4. The Balaban J connectivity index is 1.94. The first-order chi connectivity index (χ1) is 12.3. The highest BCUT2D eigenvalue weighted by Crippen LogP contribution is 2.29. The SMILES string of the molecule is CCCCCCCC(=O)c1ccc2c(c1)OCCOCCOCCO2. The molecule has 1 aromatic rings. The van der Waals surface area contributed by atoms with Gasteiger partial charge in [0.1, 0.15) is 13.2 Å². The van der Waals surface area contributed by atoms with Gasteiger partial charge in [-0.25, -0.2) is 0 Å². The predicted molar refractivity (Wildman–Crippen MR) is 96.8 cm³/mol. The largest absolute Gasteiger partial charge is 0.487 e. The first kappa shape index (κ1) is 19.7. The van der Waals surface area contributed by atoms with E-state index in [0.717, 1.165) is 12.8 Å². The summed E-state index contributed by atoms with van der Waals surface area (Å²) in [5.74, 6) is 1.40. The molecule has 5 heteroatoms. The summed E-state index contributed by atoms with van der Waals surface area (Å²) in [6, 6.07) is 5.42. The van der Waals surface area contributed by atoms with Crippen LogP contribution in [0.3, 0.4) is 0 Å². The van der Waals surface area contributed by atoms with Crippen LogP contribution in [-0.2, 0) is 9.47 Å². The number of ether oxygens (including phenoxy) is 4. The molecule has 0 saturated carbocycles. The lowest BCUT2D eigenvalue weighted by Crippen LogP contribution is -2.16. The number of fused-ring (bicyclic) bond motifs is 1. The van der Waals surface area contributed by atoms with Crippen LogP contribution >= 0.6 is 0 Å². The van der Waals surface area contributed by atoms with Crippen molar-refractivity contribution in [1.29, 1.82) is 0 Å². The van der Waals surface area contributed by atoms with E-state index in [0.29, 0.717) is 63.1 Å². The third kappa shape index (κ3) is 7.45. The Labute approximate surface area is 150 Å². The molecule has 0 unspecified atom stereocenters. The second kappa shape index (κ2) is 11.9. The maximum Gasteiger partial charge on any atom is 0.163 e. The van der Waals surface area contributed by atoms with Gasteiger partial charge in [0, 0.05) is 12.0 Å². The van der Waals surface area contributed by atoms with Crippen LogP contribution in [0.4, 0.5) is 0 Å². The average Bonchev–Trinajstić information content (AvgIpc) is 2.62. The van der Waals surface area contributed by atoms with E-state index in [-0.39, 0.29) is 5.78 Å². The third-order valence-electron chi connectivity index (χ3n) is 4.12. The molecule has 0 fully saturated rings. The van der Waals surface area contributed by atoms with E-state index in [4.69, 9.17) is 18.9 Å². The van der Waals surface area contributed by atoms with E-state index < -0.39 is 0 Å². The van der Waals surface area contributed by atoms with Crippen LogP contribution in [0.1, 0.15) is 55.8 Å². The minimum Gasteiger partial charge on any atom is -0.487 e. The molecule has 0 aromatic heterocycles. The van der Waals surface area contributed by atoms with E-state index in [1.165, 1.54) is 19.3 Å². The summed E-state index contributed by atoms with van der Waals surface area (Å²) in [5, 5.41) is 0. The Bertz CT molecular complexity index is 515. The van der Waals surface area contributed by atoms with Crippen LogP contribution in [-0.4, -0.2) is 45.4 Å². The summed E-state index contributed by atoms with van der Waals surface area (Å²) >= 11 is 0. The molecule has 5 nitrogen and oxygen atoms in total. The van der Waals surface area contributed by atoms with Gasteiger partial charge in [-0.1, -0.05) is 32.6 Å². The van der Waals surface area contributed by atoms with Crippen molar-refractivity contribution in [2.45, 2.75) is 45.4 Å². The van der Waals surface area contributed by atoms with Gasteiger partial charge in [-0.05, 0) is 24.6 Å². The average molecular weight is 350 g/mol. The maximum absolute atomic E-state index is 12.4. The van der Waals surface area contributed by atoms with E-state index in [9.17, 15) is 4.79 Å². The van der Waals surface area contributed by atoms with Crippen LogP contribution in [0.15, 0.2) is 18.2 Å². The van der Waals surface area contributed by atoms with Crippen LogP contribution in [0, 0.1) is 0 Å².